The third-order valence-corrected chi connectivity index (χ3v) is 2.32. The average Bonchev–Trinajstić information content (AvgIpc) is 2.93. The molecule has 0 aliphatic carbocycles. The van der Waals surface area contributed by atoms with E-state index >= 15 is 0 Å². The smallest absolute Gasteiger partial charge is 0.318 e. The number of imide groups is 1. The van der Waals surface area contributed by atoms with Crippen molar-refractivity contribution in [1.82, 2.24) is 10.3 Å². The molecule has 0 unspecified atom stereocenters. The Labute approximate surface area is 103 Å². The molecule has 0 N–H and O–H groups in total. The van der Waals surface area contributed by atoms with E-state index < -0.39 is 5.97 Å². The molecular formula is C10H12N2O6. The van der Waals surface area contributed by atoms with E-state index in [2.05, 4.69) is 4.84 Å². The van der Waals surface area contributed by atoms with Crippen molar-refractivity contribution in [3.8, 4) is 0 Å². The molecule has 0 bridgehead atoms. The normalized spacial score (nSPS) is 19.9. The number of hydrogen-bond donors (Lipinski definition) is 0. The molecule has 0 aromatic carbocycles. The lowest BCUT2D eigenvalue weighted by molar-refractivity contribution is -0.460. The molecule has 2 amide bonds. The first-order valence-electron chi connectivity index (χ1n) is 5.47. The molecule has 0 aromatic rings. The van der Waals surface area contributed by atoms with E-state index in [-0.39, 0.29) is 24.8 Å². The highest BCUT2D eigenvalue weighted by atomic mass is 17.2. The van der Waals surface area contributed by atoms with Crippen molar-refractivity contribution in [2.24, 2.45) is 0 Å². The largest absolute Gasteiger partial charge is 0.330 e. The molecule has 8 nitrogen and oxygen atoms in total. The summed E-state index contributed by atoms with van der Waals surface area (Å²) < 4.78 is 0. The standard InChI is InChI=1S/C10H12N2O6/c13-8-3-4-9(14)11(8)5-1-2-10(15)18-12-16-6-7-17-12/h3-4H,1-2,5-7H2. The third kappa shape index (κ3) is 3.13. The Morgan fingerprint density at radius 1 is 1.22 bits per heavy atom. The molecule has 0 spiro atoms. The van der Waals surface area contributed by atoms with Gasteiger partial charge in [-0.05, 0) is 6.42 Å². The Morgan fingerprint density at radius 2 is 1.83 bits per heavy atom. The van der Waals surface area contributed by atoms with E-state index in [0.717, 1.165) is 4.90 Å². The SMILES string of the molecule is O=C(CCCN1C(=O)C=CC1=O)ON1OCCO1. The summed E-state index contributed by atoms with van der Waals surface area (Å²) in [5.41, 5.74) is 0. The van der Waals surface area contributed by atoms with Crippen LogP contribution in [0.3, 0.4) is 0 Å². The minimum Gasteiger partial charge on any atom is -0.318 e. The predicted octanol–water partition coefficient (Wildman–Crippen LogP) is -0.671. The first-order chi connectivity index (χ1) is 8.66. The van der Waals surface area contributed by atoms with Gasteiger partial charge in [0, 0.05) is 25.1 Å². The zero-order valence-electron chi connectivity index (χ0n) is 9.53. The van der Waals surface area contributed by atoms with Crippen LogP contribution in [0, 0.1) is 0 Å². The molecule has 2 rings (SSSR count). The van der Waals surface area contributed by atoms with Crippen molar-refractivity contribution in [2.45, 2.75) is 12.8 Å². The Hall–Kier alpha value is -1.77. The van der Waals surface area contributed by atoms with Crippen molar-refractivity contribution in [1.29, 1.82) is 0 Å². The molecule has 2 aliphatic rings. The summed E-state index contributed by atoms with van der Waals surface area (Å²) in [5.74, 6) is -1.27. The van der Waals surface area contributed by atoms with Crippen LogP contribution in [0.2, 0.25) is 0 Å². The topological polar surface area (TPSA) is 85.4 Å². The second-order valence-electron chi connectivity index (χ2n) is 3.62. The second-order valence-corrected chi connectivity index (χ2v) is 3.62. The van der Waals surface area contributed by atoms with Gasteiger partial charge < -0.3 is 4.84 Å². The first-order valence-corrected chi connectivity index (χ1v) is 5.47. The highest BCUT2D eigenvalue weighted by Crippen LogP contribution is 2.08. The van der Waals surface area contributed by atoms with Crippen LogP contribution in [0.1, 0.15) is 12.8 Å². The molecule has 0 saturated carbocycles. The van der Waals surface area contributed by atoms with Crippen LogP contribution in [0.4, 0.5) is 0 Å². The summed E-state index contributed by atoms with van der Waals surface area (Å²) in [6, 6.07) is 0. The summed E-state index contributed by atoms with van der Waals surface area (Å²) >= 11 is 0. The Balaban J connectivity index is 1.64. The fraction of sp³-hybridized carbons (Fsp3) is 0.500. The highest BCUT2D eigenvalue weighted by Gasteiger charge is 2.23. The van der Waals surface area contributed by atoms with Gasteiger partial charge in [0.15, 0.2) is 0 Å². The average molecular weight is 256 g/mol. The van der Waals surface area contributed by atoms with Crippen LogP contribution in [0.5, 0.6) is 0 Å². The van der Waals surface area contributed by atoms with E-state index in [1.54, 1.807) is 0 Å². The molecule has 0 atom stereocenters. The molecule has 18 heavy (non-hydrogen) atoms. The number of carbonyl (C=O) groups is 3. The second kappa shape index (κ2) is 5.71. The van der Waals surface area contributed by atoms with Crippen LogP contribution in [-0.2, 0) is 28.9 Å². The van der Waals surface area contributed by atoms with Gasteiger partial charge in [0.2, 0.25) is 0 Å². The van der Waals surface area contributed by atoms with Gasteiger partial charge >= 0.3 is 5.97 Å². The van der Waals surface area contributed by atoms with Gasteiger partial charge in [0.25, 0.3) is 11.8 Å². The minimum atomic E-state index is -0.552. The zero-order chi connectivity index (χ0) is 13.0. The summed E-state index contributed by atoms with van der Waals surface area (Å²) in [4.78, 5) is 49.0. The minimum absolute atomic E-state index is 0.0558. The Bertz CT molecular complexity index is 370. The molecular weight excluding hydrogens is 244 g/mol. The third-order valence-electron chi connectivity index (χ3n) is 2.32. The first kappa shape index (κ1) is 12.7. The summed E-state index contributed by atoms with van der Waals surface area (Å²) in [6.45, 7) is 0.840. The maximum Gasteiger partial charge on any atom is 0.330 e. The van der Waals surface area contributed by atoms with Crippen LogP contribution in [-0.4, -0.2) is 47.8 Å². The van der Waals surface area contributed by atoms with Crippen molar-refractivity contribution >= 4 is 17.8 Å². The van der Waals surface area contributed by atoms with Crippen molar-refractivity contribution < 1.29 is 28.9 Å². The lowest BCUT2D eigenvalue weighted by Crippen LogP contribution is -2.31. The van der Waals surface area contributed by atoms with Gasteiger partial charge in [-0.15, -0.1) is 0 Å². The summed E-state index contributed by atoms with van der Waals surface area (Å²) in [7, 11) is 0. The Kier molecular flexibility index (Phi) is 4.03. The van der Waals surface area contributed by atoms with E-state index in [1.165, 1.54) is 12.2 Å². The number of nitrogens with zero attached hydrogens (tertiary/aromatic N) is 2. The molecule has 0 aromatic heterocycles. The van der Waals surface area contributed by atoms with Gasteiger partial charge in [0.05, 0.1) is 0 Å². The maximum atomic E-state index is 11.3. The van der Waals surface area contributed by atoms with E-state index in [9.17, 15) is 14.4 Å². The van der Waals surface area contributed by atoms with Gasteiger partial charge in [0.1, 0.15) is 18.6 Å². The monoisotopic (exact) mass is 256 g/mol. The van der Waals surface area contributed by atoms with E-state index in [1.807, 2.05) is 0 Å². The van der Waals surface area contributed by atoms with Crippen molar-refractivity contribution in [3.05, 3.63) is 12.2 Å². The van der Waals surface area contributed by atoms with E-state index in [4.69, 9.17) is 9.68 Å². The lowest BCUT2D eigenvalue weighted by atomic mass is 10.3. The quantitative estimate of drug-likeness (QED) is 0.603. The fourth-order valence-corrected chi connectivity index (χ4v) is 1.48. The molecule has 2 aliphatic heterocycles. The molecule has 98 valence electrons. The van der Waals surface area contributed by atoms with Crippen LogP contribution >= 0.6 is 0 Å². The number of amides is 2. The number of carbonyl (C=O) groups excluding carboxylic acids is 3. The maximum absolute atomic E-state index is 11.3. The summed E-state index contributed by atoms with van der Waals surface area (Å²) in [6.07, 6.45) is 2.78. The van der Waals surface area contributed by atoms with Gasteiger partial charge in [-0.25, -0.2) is 9.68 Å². The van der Waals surface area contributed by atoms with Crippen LogP contribution < -0.4 is 0 Å². The molecule has 0 radical (unpaired) electrons. The molecule has 2 heterocycles. The molecule has 1 fully saturated rings. The van der Waals surface area contributed by atoms with Crippen LogP contribution in [0.25, 0.3) is 0 Å². The van der Waals surface area contributed by atoms with E-state index in [0.29, 0.717) is 25.0 Å². The van der Waals surface area contributed by atoms with Gasteiger partial charge in [-0.3, -0.25) is 19.3 Å². The van der Waals surface area contributed by atoms with Crippen LogP contribution in [0.15, 0.2) is 12.2 Å². The highest BCUT2D eigenvalue weighted by molar-refractivity contribution is 6.12. The fourth-order valence-electron chi connectivity index (χ4n) is 1.48. The number of rotatable bonds is 5. The molecule has 8 heteroatoms. The summed E-state index contributed by atoms with van der Waals surface area (Å²) in [5, 5.41) is 0.663. The van der Waals surface area contributed by atoms with Gasteiger partial charge in [-0.2, -0.15) is 0 Å². The zero-order valence-corrected chi connectivity index (χ0v) is 9.53. The van der Waals surface area contributed by atoms with Crippen molar-refractivity contribution in [3.63, 3.8) is 0 Å². The Morgan fingerprint density at radius 3 is 2.44 bits per heavy atom. The van der Waals surface area contributed by atoms with Gasteiger partial charge in [-0.1, -0.05) is 0 Å². The number of hydrogen-bond acceptors (Lipinski definition) is 7. The predicted molar refractivity (Wildman–Crippen MR) is 54.9 cm³/mol. The lowest BCUT2D eigenvalue weighted by Gasteiger charge is -2.13. The molecule has 1 saturated heterocycles. The van der Waals surface area contributed by atoms with Crippen molar-refractivity contribution in [2.75, 3.05) is 19.8 Å².